The Morgan fingerprint density at radius 2 is 2.24 bits per heavy atom. The van der Waals surface area contributed by atoms with E-state index in [-0.39, 0.29) is 5.91 Å². The van der Waals surface area contributed by atoms with Crippen LogP contribution in [0.4, 0.5) is 11.4 Å². The van der Waals surface area contributed by atoms with Crippen LogP contribution in [0.25, 0.3) is 0 Å². The summed E-state index contributed by atoms with van der Waals surface area (Å²) < 4.78 is 0. The summed E-state index contributed by atoms with van der Waals surface area (Å²) in [5.74, 6) is 0.0320. The van der Waals surface area contributed by atoms with Gasteiger partial charge >= 0.3 is 0 Å². The molecule has 0 fully saturated rings. The second-order valence-electron chi connectivity index (χ2n) is 5.15. The Bertz CT molecular complexity index is 569. The second-order valence-corrected chi connectivity index (χ2v) is 5.93. The topological polar surface area (TPSA) is 58.4 Å². The van der Waals surface area contributed by atoms with Gasteiger partial charge in [0.25, 0.3) is 0 Å². The predicted molar refractivity (Wildman–Crippen MR) is 89.4 cm³/mol. The Labute approximate surface area is 129 Å². The van der Waals surface area contributed by atoms with E-state index in [1.165, 1.54) is 5.56 Å². The Kier molecular flexibility index (Phi) is 5.78. The maximum absolute atomic E-state index is 11.9. The van der Waals surface area contributed by atoms with Crippen molar-refractivity contribution in [1.82, 2.24) is 4.90 Å². The minimum Gasteiger partial charge on any atom is -0.399 e. The van der Waals surface area contributed by atoms with E-state index >= 15 is 0 Å². The summed E-state index contributed by atoms with van der Waals surface area (Å²) in [7, 11) is 2.08. The van der Waals surface area contributed by atoms with Gasteiger partial charge in [-0.15, -0.1) is 0 Å². The lowest BCUT2D eigenvalue weighted by Gasteiger charge is -2.15. The third kappa shape index (κ3) is 5.57. The smallest absolute Gasteiger partial charge is 0.224 e. The van der Waals surface area contributed by atoms with Crippen molar-refractivity contribution in [1.29, 1.82) is 0 Å². The molecular weight excluding hydrogens is 282 g/mol. The van der Waals surface area contributed by atoms with Gasteiger partial charge in [-0.3, -0.25) is 4.79 Å². The average Bonchev–Trinajstić information content (AvgIpc) is 2.91. The number of benzene rings is 1. The van der Waals surface area contributed by atoms with Gasteiger partial charge in [0, 0.05) is 24.3 Å². The van der Waals surface area contributed by atoms with E-state index in [1.54, 1.807) is 23.5 Å². The first-order valence-corrected chi connectivity index (χ1v) is 7.93. The zero-order chi connectivity index (χ0) is 15.1. The standard InChI is InChI=1S/C16H21N3OS/c1-19(11-13-7-9-21-12-13)8-3-6-16(20)18-15-5-2-4-14(17)10-15/h2,4-5,7,9-10,12H,3,6,8,11,17H2,1H3,(H,18,20). The summed E-state index contributed by atoms with van der Waals surface area (Å²) in [6.45, 7) is 1.83. The van der Waals surface area contributed by atoms with Gasteiger partial charge in [-0.05, 0) is 60.6 Å². The van der Waals surface area contributed by atoms with Gasteiger partial charge in [-0.1, -0.05) is 6.07 Å². The monoisotopic (exact) mass is 303 g/mol. The predicted octanol–water partition coefficient (Wildman–Crippen LogP) is 3.18. The zero-order valence-electron chi connectivity index (χ0n) is 12.2. The molecule has 0 aliphatic rings. The van der Waals surface area contributed by atoms with E-state index in [1.807, 2.05) is 12.1 Å². The van der Waals surface area contributed by atoms with Crippen molar-refractivity contribution in [3.05, 3.63) is 46.7 Å². The van der Waals surface area contributed by atoms with Gasteiger partial charge in [-0.25, -0.2) is 0 Å². The van der Waals surface area contributed by atoms with Crippen LogP contribution in [0.3, 0.4) is 0 Å². The number of carbonyl (C=O) groups excluding carboxylic acids is 1. The molecule has 4 nitrogen and oxygen atoms in total. The van der Waals surface area contributed by atoms with E-state index in [0.717, 1.165) is 25.2 Å². The Morgan fingerprint density at radius 3 is 2.95 bits per heavy atom. The molecule has 3 N–H and O–H groups in total. The van der Waals surface area contributed by atoms with Crippen molar-refractivity contribution in [2.75, 3.05) is 24.6 Å². The summed E-state index contributed by atoms with van der Waals surface area (Å²) in [5.41, 5.74) is 8.42. The Morgan fingerprint density at radius 1 is 1.38 bits per heavy atom. The molecule has 0 bridgehead atoms. The van der Waals surface area contributed by atoms with Crippen LogP contribution in [-0.2, 0) is 11.3 Å². The fourth-order valence-electron chi connectivity index (χ4n) is 2.12. The van der Waals surface area contributed by atoms with Crippen LogP contribution in [0.2, 0.25) is 0 Å². The molecule has 21 heavy (non-hydrogen) atoms. The molecule has 1 amide bonds. The van der Waals surface area contributed by atoms with E-state index in [9.17, 15) is 4.79 Å². The largest absolute Gasteiger partial charge is 0.399 e. The van der Waals surface area contributed by atoms with Gasteiger partial charge in [0.1, 0.15) is 0 Å². The molecule has 0 aliphatic carbocycles. The van der Waals surface area contributed by atoms with Crippen LogP contribution in [0.1, 0.15) is 18.4 Å². The molecular formula is C16H21N3OS. The Hall–Kier alpha value is -1.85. The average molecular weight is 303 g/mol. The number of anilines is 2. The van der Waals surface area contributed by atoms with E-state index < -0.39 is 0 Å². The van der Waals surface area contributed by atoms with Crippen LogP contribution in [0, 0.1) is 0 Å². The highest BCUT2D eigenvalue weighted by atomic mass is 32.1. The van der Waals surface area contributed by atoms with Gasteiger partial charge in [0.15, 0.2) is 0 Å². The zero-order valence-corrected chi connectivity index (χ0v) is 13.0. The number of carbonyl (C=O) groups is 1. The highest BCUT2D eigenvalue weighted by Crippen LogP contribution is 2.12. The number of nitrogens with zero attached hydrogens (tertiary/aromatic N) is 1. The number of hydrogen-bond donors (Lipinski definition) is 2. The van der Waals surface area contributed by atoms with Gasteiger partial charge in [-0.2, -0.15) is 11.3 Å². The van der Waals surface area contributed by atoms with Crippen molar-refractivity contribution >= 4 is 28.6 Å². The lowest BCUT2D eigenvalue weighted by atomic mass is 10.2. The molecule has 5 heteroatoms. The number of nitrogens with one attached hydrogen (secondary N) is 1. The molecule has 1 aromatic carbocycles. The fraction of sp³-hybridized carbons (Fsp3) is 0.312. The lowest BCUT2D eigenvalue weighted by Crippen LogP contribution is -2.20. The molecule has 0 saturated carbocycles. The SMILES string of the molecule is CN(CCCC(=O)Nc1cccc(N)c1)Cc1ccsc1. The maximum atomic E-state index is 11.9. The molecule has 112 valence electrons. The summed E-state index contributed by atoms with van der Waals surface area (Å²) in [6.07, 6.45) is 1.36. The third-order valence-electron chi connectivity index (χ3n) is 3.15. The van der Waals surface area contributed by atoms with Gasteiger partial charge < -0.3 is 16.0 Å². The molecule has 0 unspecified atom stereocenters. The van der Waals surface area contributed by atoms with Crippen LogP contribution in [0.5, 0.6) is 0 Å². The number of thiophene rings is 1. The number of amides is 1. The molecule has 0 radical (unpaired) electrons. The van der Waals surface area contributed by atoms with Crippen LogP contribution < -0.4 is 11.1 Å². The van der Waals surface area contributed by atoms with Crippen molar-refractivity contribution < 1.29 is 4.79 Å². The summed E-state index contributed by atoms with van der Waals surface area (Å²) >= 11 is 1.71. The fourth-order valence-corrected chi connectivity index (χ4v) is 2.78. The molecule has 0 spiro atoms. The van der Waals surface area contributed by atoms with Gasteiger partial charge in [0.2, 0.25) is 5.91 Å². The van der Waals surface area contributed by atoms with Crippen LogP contribution in [0.15, 0.2) is 41.1 Å². The number of nitrogens with two attached hydrogens (primary N) is 1. The van der Waals surface area contributed by atoms with Crippen LogP contribution >= 0.6 is 11.3 Å². The van der Waals surface area contributed by atoms with Crippen molar-refractivity contribution in [2.24, 2.45) is 0 Å². The number of hydrogen-bond acceptors (Lipinski definition) is 4. The lowest BCUT2D eigenvalue weighted by molar-refractivity contribution is -0.116. The Balaban J connectivity index is 1.67. The first-order chi connectivity index (χ1) is 10.1. The maximum Gasteiger partial charge on any atom is 0.224 e. The van der Waals surface area contributed by atoms with Crippen molar-refractivity contribution in [3.63, 3.8) is 0 Å². The van der Waals surface area contributed by atoms with Crippen molar-refractivity contribution in [2.45, 2.75) is 19.4 Å². The molecule has 1 heterocycles. The molecule has 2 aromatic rings. The summed E-state index contributed by atoms with van der Waals surface area (Å²) in [6, 6.07) is 9.37. The number of nitrogen functional groups attached to an aromatic ring is 1. The van der Waals surface area contributed by atoms with Crippen LogP contribution in [-0.4, -0.2) is 24.4 Å². The van der Waals surface area contributed by atoms with Gasteiger partial charge in [0.05, 0.1) is 0 Å². The van der Waals surface area contributed by atoms with E-state index in [4.69, 9.17) is 5.73 Å². The highest BCUT2D eigenvalue weighted by Gasteiger charge is 2.05. The molecule has 2 rings (SSSR count). The molecule has 0 aliphatic heterocycles. The van der Waals surface area contributed by atoms with E-state index in [2.05, 4.69) is 34.1 Å². The quantitative estimate of drug-likeness (QED) is 0.772. The normalized spacial score (nSPS) is 10.8. The molecule has 0 saturated heterocycles. The third-order valence-corrected chi connectivity index (χ3v) is 3.88. The minimum absolute atomic E-state index is 0.0320. The first kappa shape index (κ1) is 15.5. The highest BCUT2D eigenvalue weighted by molar-refractivity contribution is 7.07. The summed E-state index contributed by atoms with van der Waals surface area (Å²) in [5, 5.41) is 7.11. The summed E-state index contributed by atoms with van der Waals surface area (Å²) in [4.78, 5) is 14.1. The number of rotatable bonds is 7. The molecule has 0 atom stereocenters. The second kappa shape index (κ2) is 7.81. The minimum atomic E-state index is 0.0320. The van der Waals surface area contributed by atoms with Crippen molar-refractivity contribution in [3.8, 4) is 0 Å². The van der Waals surface area contributed by atoms with E-state index in [0.29, 0.717) is 12.1 Å². The first-order valence-electron chi connectivity index (χ1n) is 6.98. The molecule has 1 aromatic heterocycles.